The minimum atomic E-state index is -4.30. The molecule has 1 saturated carbocycles. The first kappa shape index (κ1) is 22.8. The zero-order chi connectivity index (χ0) is 24.1. The first-order valence-corrected chi connectivity index (χ1v) is 11.6. The Bertz CT molecular complexity index is 1230. The highest BCUT2D eigenvalue weighted by Gasteiger charge is 2.60. The van der Waals surface area contributed by atoms with E-state index in [1.54, 1.807) is 29.8 Å². The molecule has 2 aromatic heterocycles. The van der Waals surface area contributed by atoms with Crippen LogP contribution < -0.4 is 5.69 Å². The van der Waals surface area contributed by atoms with Crippen molar-refractivity contribution < 1.29 is 17.7 Å². The summed E-state index contributed by atoms with van der Waals surface area (Å²) in [6.45, 7) is 6.99. The van der Waals surface area contributed by atoms with E-state index in [0.717, 1.165) is 50.0 Å². The molecule has 0 bridgehead atoms. The Morgan fingerprint density at radius 3 is 2.50 bits per heavy atom. The lowest BCUT2D eigenvalue weighted by Crippen LogP contribution is -2.28. The maximum atomic E-state index is 12.9. The molecule has 0 radical (unpaired) electrons. The predicted octanol–water partition coefficient (Wildman–Crippen LogP) is 4.59. The Morgan fingerprint density at radius 2 is 1.85 bits per heavy atom. The van der Waals surface area contributed by atoms with Gasteiger partial charge in [-0.3, -0.25) is 4.57 Å². The van der Waals surface area contributed by atoms with Crippen LogP contribution in [0.5, 0.6) is 0 Å². The average molecular weight is 473 g/mol. The molecule has 1 aromatic carbocycles. The van der Waals surface area contributed by atoms with Crippen LogP contribution in [0.1, 0.15) is 41.8 Å². The van der Waals surface area contributed by atoms with E-state index in [2.05, 4.69) is 15.0 Å². The van der Waals surface area contributed by atoms with Crippen molar-refractivity contribution in [2.45, 2.75) is 51.2 Å². The quantitative estimate of drug-likeness (QED) is 0.471. The van der Waals surface area contributed by atoms with Crippen molar-refractivity contribution in [1.82, 2.24) is 19.6 Å². The van der Waals surface area contributed by atoms with E-state index in [4.69, 9.17) is 4.52 Å². The second-order valence-corrected chi connectivity index (χ2v) is 9.56. The number of rotatable bonds is 7. The minimum absolute atomic E-state index is 0.0129. The lowest BCUT2D eigenvalue weighted by molar-refractivity contribution is -0.137. The van der Waals surface area contributed by atoms with E-state index < -0.39 is 11.7 Å². The molecule has 1 aliphatic carbocycles. The second-order valence-electron chi connectivity index (χ2n) is 9.56. The highest BCUT2D eigenvalue weighted by Crippen LogP contribution is 2.59. The molecular weight excluding hydrogens is 445 g/mol. The molecule has 2 aliphatic rings. The molecule has 3 aromatic rings. The highest BCUT2D eigenvalue weighted by atomic mass is 19.4. The van der Waals surface area contributed by atoms with Gasteiger partial charge in [0.05, 0.1) is 22.5 Å². The van der Waals surface area contributed by atoms with E-state index in [0.29, 0.717) is 29.6 Å². The van der Waals surface area contributed by atoms with Gasteiger partial charge in [-0.2, -0.15) is 18.2 Å². The molecule has 6 nitrogen and oxygen atoms in total. The third-order valence-corrected chi connectivity index (χ3v) is 7.29. The van der Waals surface area contributed by atoms with E-state index in [1.807, 2.05) is 13.0 Å². The summed E-state index contributed by atoms with van der Waals surface area (Å²) in [6, 6.07) is 7.52. The molecule has 2 atom stereocenters. The van der Waals surface area contributed by atoms with Crippen molar-refractivity contribution in [3.63, 3.8) is 0 Å². The third-order valence-electron chi connectivity index (χ3n) is 7.29. The smallest absolute Gasteiger partial charge is 0.361 e. The fourth-order valence-corrected chi connectivity index (χ4v) is 5.40. The van der Waals surface area contributed by atoms with E-state index in [1.165, 1.54) is 12.1 Å². The number of benzene rings is 1. The number of likely N-dealkylation sites (tertiary alicyclic amines) is 1. The van der Waals surface area contributed by atoms with E-state index >= 15 is 0 Å². The van der Waals surface area contributed by atoms with Gasteiger partial charge in [-0.05, 0) is 69.3 Å². The fourth-order valence-electron chi connectivity index (χ4n) is 5.40. The Hall–Kier alpha value is -2.94. The number of halogens is 3. The molecule has 0 spiro atoms. The molecule has 34 heavy (non-hydrogen) atoms. The number of aromatic nitrogens is 3. The normalized spacial score (nSPS) is 22.2. The summed E-state index contributed by atoms with van der Waals surface area (Å²) in [4.78, 5) is 19.1. The van der Waals surface area contributed by atoms with Gasteiger partial charge in [-0.1, -0.05) is 17.3 Å². The molecule has 1 aliphatic heterocycles. The lowest BCUT2D eigenvalue weighted by Gasteiger charge is -2.21. The van der Waals surface area contributed by atoms with Crippen LogP contribution in [0.25, 0.3) is 11.3 Å². The number of piperidine rings is 1. The molecule has 5 rings (SSSR count). The van der Waals surface area contributed by atoms with Gasteiger partial charge in [0.1, 0.15) is 5.76 Å². The first-order valence-electron chi connectivity index (χ1n) is 11.6. The van der Waals surface area contributed by atoms with Crippen molar-refractivity contribution in [1.29, 1.82) is 0 Å². The van der Waals surface area contributed by atoms with Crippen LogP contribution in [0.15, 0.2) is 45.8 Å². The number of nitrogens with zero attached hydrogens (tertiary/aromatic N) is 4. The van der Waals surface area contributed by atoms with Gasteiger partial charge in [0, 0.05) is 31.2 Å². The van der Waals surface area contributed by atoms with Gasteiger partial charge >= 0.3 is 11.9 Å². The highest BCUT2D eigenvalue weighted by molar-refractivity contribution is 5.62. The number of hydrogen-bond donors (Lipinski definition) is 0. The standard InChI is InChI=1S/C25H27F3N4O2/c1-16-22(17(2)34-30-16)21-9-12-32(23(33)29-21)11-4-3-10-31-14-20-13-24(20,15-31)18-5-7-19(8-6-18)25(26,27)28/h5-9,12,20H,3-4,10-11,13-15H2,1-2H3/t20-,24+/m0/s1. The SMILES string of the molecule is Cc1noc(C)c1-c1ccn(CCCCN2C[C@@H]3C[C@]3(c3ccc(C(F)(F)F)cc3)C2)c(=O)n1. The van der Waals surface area contributed by atoms with Gasteiger partial charge in [-0.15, -0.1) is 0 Å². The number of alkyl halides is 3. The molecule has 0 unspecified atom stereocenters. The Balaban J connectivity index is 1.13. The van der Waals surface area contributed by atoms with Crippen molar-refractivity contribution in [2.24, 2.45) is 5.92 Å². The van der Waals surface area contributed by atoms with Crippen LogP contribution in [0.4, 0.5) is 13.2 Å². The van der Waals surface area contributed by atoms with Crippen LogP contribution in [-0.4, -0.2) is 39.2 Å². The summed E-state index contributed by atoms with van der Waals surface area (Å²) in [5, 5.41) is 3.92. The van der Waals surface area contributed by atoms with E-state index in [-0.39, 0.29) is 11.1 Å². The zero-order valence-electron chi connectivity index (χ0n) is 19.2. The maximum Gasteiger partial charge on any atom is 0.416 e. The fraction of sp³-hybridized carbons (Fsp3) is 0.480. The zero-order valence-corrected chi connectivity index (χ0v) is 19.2. The van der Waals surface area contributed by atoms with Crippen molar-refractivity contribution >= 4 is 0 Å². The molecule has 180 valence electrons. The Kier molecular flexibility index (Phi) is 5.62. The van der Waals surface area contributed by atoms with Gasteiger partial charge < -0.3 is 9.42 Å². The van der Waals surface area contributed by atoms with Crippen LogP contribution >= 0.6 is 0 Å². The summed E-state index contributed by atoms with van der Waals surface area (Å²) in [7, 11) is 0. The second kappa shape index (κ2) is 8.37. The number of unbranched alkanes of at least 4 members (excludes halogenated alkanes) is 1. The van der Waals surface area contributed by atoms with Crippen LogP contribution in [-0.2, 0) is 18.1 Å². The molecule has 2 fully saturated rings. The monoisotopic (exact) mass is 472 g/mol. The first-order chi connectivity index (χ1) is 16.2. The summed E-state index contributed by atoms with van der Waals surface area (Å²) in [5.41, 5.74) is 2.19. The molecule has 1 saturated heterocycles. The van der Waals surface area contributed by atoms with Crippen molar-refractivity contribution in [3.8, 4) is 11.3 Å². The maximum absolute atomic E-state index is 12.9. The summed E-state index contributed by atoms with van der Waals surface area (Å²) >= 11 is 0. The summed E-state index contributed by atoms with van der Waals surface area (Å²) in [6.07, 6.45) is 0.302. The largest absolute Gasteiger partial charge is 0.416 e. The lowest BCUT2D eigenvalue weighted by atomic mass is 9.94. The van der Waals surface area contributed by atoms with Crippen LogP contribution in [0.2, 0.25) is 0 Å². The summed E-state index contributed by atoms with van der Waals surface area (Å²) in [5.74, 6) is 1.16. The molecule has 0 N–H and O–H groups in total. The minimum Gasteiger partial charge on any atom is -0.361 e. The topological polar surface area (TPSA) is 64.2 Å². The molecule has 3 heterocycles. The van der Waals surface area contributed by atoms with Gasteiger partial charge in [-0.25, -0.2) is 4.79 Å². The van der Waals surface area contributed by atoms with E-state index in [9.17, 15) is 18.0 Å². The Morgan fingerprint density at radius 1 is 1.12 bits per heavy atom. The number of fused-ring (bicyclic) bond motifs is 1. The predicted molar refractivity (Wildman–Crippen MR) is 120 cm³/mol. The molecule has 9 heteroatoms. The van der Waals surface area contributed by atoms with Gasteiger partial charge in [0.15, 0.2) is 0 Å². The number of aryl methyl sites for hydroxylation is 3. The van der Waals surface area contributed by atoms with Gasteiger partial charge in [0.25, 0.3) is 0 Å². The average Bonchev–Trinajstić information content (AvgIpc) is 3.20. The number of hydrogen-bond acceptors (Lipinski definition) is 5. The Labute approximate surface area is 195 Å². The molecule has 0 amide bonds. The summed E-state index contributed by atoms with van der Waals surface area (Å²) < 4.78 is 45.4. The third kappa shape index (κ3) is 4.17. The van der Waals surface area contributed by atoms with Crippen molar-refractivity contribution in [3.05, 3.63) is 69.6 Å². The van der Waals surface area contributed by atoms with Crippen LogP contribution in [0.3, 0.4) is 0 Å². The molecular formula is C25H27F3N4O2. The van der Waals surface area contributed by atoms with Crippen molar-refractivity contribution in [2.75, 3.05) is 19.6 Å². The van der Waals surface area contributed by atoms with Gasteiger partial charge in [0.2, 0.25) is 0 Å². The van der Waals surface area contributed by atoms with Crippen LogP contribution in [0, 0.1) is 19.8 Å².